The number of carbonyl (C=O) groups excluding carboxylic acids is 1. The molecule has 0 bridgehead atoms. The minimum atomic E-state index is -1.43. The quantitative estimate of drug-likeness (QED) is 0.740. The van der Waals surface area contributed by atoms with E-state index < -0.39 is 29.2 Å². The Labute approximate surface area is 124 Å². The highest BCUT2D eigenvalue weighted by Gasteiger charge is 2.68. The van der Waals surface area contributed by atoms with Gasteiger partial charge in [0.2, 0.25) is 5.79 Å². The van der Waals surface area contributed by atoms with Crippen molar-refractivity contribution in [2.75, 3.05) is 13.2 Å². The Hall–Kier alpha value is -0.690. The van der Waals surface area contributed by atoms with Crippen LogP contribution in [0, 0.1) is 0 Å². The highest BCUT2D eigenvalue weighted by atomic mass is 16.8. The van der Waals surface area contributed by atoms with Crippen molar-refractivity contribution in [2.24, 2.45) is 0 Å². The van der Waals surface area contributed by atoms with Gasteiger partial charge in [-0.2, -0.15) is 0 Å². The maximum Gasteiger partial charge on any atom is 0.343 e. The third-order valence-corrected chi connectivity index (χ3v) is 4.89. The smallest absolute Gasteiger partial charge is 0.343 e. The van der Waals surface area contributed by atoms with E-state index in [1.54, 1.807) is 6.92 Å². The van der Waals surface area contributed by atoms with Crippen molar-refractivity contribution in [3.8, 4) is 0 Å². The Bertz CT molecular complexity index is 408. The predicted octanol–water partition coefficient (Wildman–Crippen LogP) is 1.49. The van der Waals surface area contributed by atoms with Crippen molar-refractivity contribution < 1.29 is 28.8 Å². The van der Waals surface area contributed by atoms with E-state index in [2.05, 4.69) is 0 Å². The van der Waals surface area contributed by atoms with Gasteiger partial charge in [0.25, 0.3) is 5.79 Å². The summed E-state index contributed by atoms with van der Waals surface area (Å²) in [5.74, 6) is -2.86. The van der Waals surface area contributed by atoms with Gasteiger partial charge in [0.15, 0.2) is 5.60 Å². The molecule has 3 aliphatic rings. The number of aliphatic hydroxyl groups is 1. The molecule has 1 N–H and O–H groups in total. The molecule has 0 aliphatic carbocycles. The lowest BCUT2D eigenvalue weighted by Gasteiger charge is -2.57. The Morgan fingerprint density at radius 3 is 2.10 bits per heavy atom. The minimum absolute atomic E-state index is 0.521. The van der Waals surface area contributed by atoms with Crippen LogP contribution in [0.4, 0.5) is 0 Å². The highest BCUT2D eigenvalue weighted by Crippen LogP contribution is 2.50. The van der Waals surface area contributed by atoms with Crippen LogP contribution in [-0.4, -0.2) is 47.6 Å². The summed E-state index contributed by atoms with van der Waals surface area (Å²) in [5, 5.41) is 9.99. The molecule has 4 atom stereocenters. The highest BCUT2D eigenvalue weighted by molar-refractivity contribution is 5.81. The molecule has 6 nitrogen and oxygen atoms in total. The molecule has 3 fully saturated rings. The van der Waals surface area contributed by atoms with Crippen LogP contribution in [0.3, 0.4) is 0 Å². The van der Waals surface area contributed by atoms with Gasteiger partial charge < -0.3 is 24.1 Å². The molecule has 2 spiro atoms. The molecule has 0 aromatic rings. The second-order valence-corrected chi connectivity index (χ2v) is 6.39. The standard InChI is InChI=1S/C15H24O6/c1-11(16)13(2)12(17)20-14(7-3-5-9-18-14)15(21-13)8-4-6-10-19-15/h11,16H,3-10H2,1-2H3/t11-,13-,14+,15+/m0/s1. The van der Waals surface area contributed by atoms with Crippen molar-refractivity contribution in [1.82, 2.24) is 0 Å². The Morgan fingerprint density at radius 2 is 1.62 bits per heavy atom. The number of hydrogen-bond donors (Lipinski definition) is 1. The fraction of sp³-hybridized carbons (Fsp3) is 0.933. The largest absolute Gasteiger partial charge is 0.425 e. The van der Waals surface area contributed by atoms with Gasteiger partial charge in [-0.25, -0.2) is 4.79 Å². The lowest BCUT2D eigenvalue weighted by atomic mass is 9.86. The predicted molar refractivity (Wildman–Crippen MR) is 72.3 cm³/mol. The first-order chi connectivity index (χ1) is 9.94. The Kier molecular flexibility index (Phi) is 3.76. The average Bonchev–Trinajstić information content (AvgIpc) is 2.47. The molecule has 0 unspecified atom stereocenters. The van der Waals surface area contributed by atoms with E-state index in [4.69, 9.17) is 18.9 Å². The summed E-state index contributed by atoms with van der Waals surface area (Å²) >= 11 is 0. The normalized spacial score (nSPS) is 45.6. The summed E-state index contributed by atoms with van der Waals surface area (Å²) < 4.78 is 23.6. The van der Waals surface area contributed by atoms with Crippen molar-refractivity contribution in [3.05, 3.63) is 0 Å². The molecule has 0 aromatic heterocycles. The number of carbonyl (C=O) groups is 1. The zero-order chi connectivity index (χ0) is 15.1. The minimum Gasteiger partial charge on any atom is -0.425 e. The third kappa shape index (κ3) is 2.20. The molecule has 3 rings (SSSR count). The summed E-state index contributed by atoms with van der Waals surface area (Å²) in [7, 11) is 0. The van der Waals surface area contributed by atoms with Crippen molar-refractivity contribution in [2.45, 2.75) is 75.7 Å². The van der Waals surface area contributed by atoms with Crippen LogP contribution in [0.15, 0.2) is 0 Å². The molecule has 0 amide bonds. The molecule has 3 saturated heterocycles. The first-order valence-electron chi connectivity index (χ1n) is 7.84. The summed E-state index contributed by atoms with van der Waals surface area (Å²) in [6, 6.07) is 0. The number of ether oxygens (including phenoxy) is 4. The van der Waals surface area contributed by atoms with Gasteiger partial charge in [-0.05, 0) is 39.5 Å². The van der Waals surface area contributed by atoms with Gasteiger partial charge in [-0.1, -0.05) is 0 Å². The first kappa shape index (κ1) is 15.2. The summed E-state index contributed by atoms with van der Waals surface area (Å²) in [6.07, 6.45) is 3.86. The van der Waals surface area contributed by atoms with E-state index in [9.17, 15) is 9.90 Å². The van der Waals surface area contributed by atoms with Crippen LogP contribution >= 0.6 is 0 Å². The molecule has 120 valence electrons. The number of hydrogen-bond acceptors (Lipinski definition) is 6. The van der Waals surface area contributed by atoms with E-state index >= 15 is 0 Å². The lowest BCUT2D eigenvalue weighted by molar-refractivity contribution is -0.460. The number of esters is 1. The number of aliphatic hydroxyl groups excluding tert-OH is 1. The van der Waals surface area contributed by atoms with Gasteiger partial charge >= 0.3 is 5.97 Å². The zero-order valence-electron chi connectivity index (χ0n) is 12.7. The van der Waals surface area contributed by atoms with E-state index in [0.29, 0.717) is 26.1 Å². The molecule has 3 aliphatic heterocycles. The van der Waals surface area contributed by atoms with E-state index in [0.717, 1.165) is 25.7 Å². The molecule has 3 heterocycles. The van der Waals surface area contributed by atoms with E-state index in [1.807, 2.05) is 0 Å². The number of rotatable bonds is 1. The van der Waals surface area contributed by atoms with Gasteiger partial charge in [0.05, 0.1) is 19.3 Å². The topological polar surface area (TPSA) is 74.2 Å². The van der Waals surface area contributed by atoms with Gasteiger partial charge in [0, 0.05) is 12.8 Å². The van der Waals surface area contributed by atoms with Crippen molar-refractivity contribution in [1.29, 1.82) is 0 Å². The first-order valence-corrected chi connectivity index (χ1v) is 7.84. The molecular formula is C15H24O6. The van der Waals surface area contributed by atoms with Crippen LogP contribution in [-0.2, 0) is 23.7 Å². The maximum atomic E-state index is 12.4. The molecule has 6 heteroatoms. The van der Waals surface area contributed by atoms with Crippen LogP contribution in [0.5, 0.6) is 0 Å². The van der Waals surface area contributed by atoms with Crippen LogP contribution in [0.25, 0.3) is 0 Å². The summed E-state index contributed by atoms with van der Waals surface area (Å²) in [6.45, 7) is 4.14. The molecule has 0 saturated carbocycles. The van der Waals surface area contributed by atoms with E-state index in [1.165, 1.54) is 6.92 Å². The number of fused-ring (bicyclic) bond motifs is 1. The second-order valence-electron chi connectivity index (χ2n) is 6.39. The maximum absolute atomic E-state index is 12.4. The van der Waals surface area contributed by atoms with Crippen LogP contribution < -0.4 is 0 Å². The zero-order valence-corrected chi connectivity index (χ0v) is 12.7. The third-order valence-electron chi connectivity index (χ3n) is 4.89. The fourth-order valence-electron chi connectivity index (χ4n) is 3.35. The monoisotopic (exact) mass is 300 g/mol. The second kappa shape index (κ2) is 5.19. The Morgan fingerprint density at radius 1 is 1.05 bits per heavy atom. The Balaban J connectivity index is 1.99. The van der Waals surface area contributed by atoms with Gasteiger partial charge in [-0.15, -0.1) is 0 Å². The molecule has 0 radical (unpaired) electrons. The lowest BCUT2D eigenvalue weighted by Crippen LogP contribution is -2.73. The van der Waals surface area contributed by atoms with Gasteiger partial charge in [0.1, 0.15) is 0 Å². The van der Waals surface area contributed by atoms with Crippen molar-refractivity contribution >= 4 is 5.97 Å². The van der Waals surface area contributed by atoms with Gasteiger partial charge in [-0.3, -0.25) is 0 Å². The van der Waals surface area contributed by atoms with Crippen molar-refractivity contribution in [3.63, 3.8) is 0 Å². The fourth-order valence-corrected chi connectivity index (χ4v) is 3.35. The summed E-state index contributed by atoms with van der Waals surface area (Å²) in [4.78, 5) is 12.4. The average molecular weight is 300 g/mol. The van der Waals surface area contributed by atoms with Crippen LogP contribution in [0.2, 0.25) is 0 Å². The molecule has 21 heavy (non-hydrogen) atoms. The summed E-state index contributed by atoms with van der Waals surface area (Å²) in [5.41, 5.74) is -1.43. The van der Waals surface area contributed by atoms with Crippen LogP contribution in [0.1, 0.15) is 52.4 Å². The molecular weight excluding hydrogens is 276 g/mol. The molecule has 0 aromatic carbocycles. The van der Waals surface area contributed by atoms with E-state index in [-0.39, 0.29) is 0 Å². The SMILES string of the molecule is C[C@H](O)[C@]1(C)O[C@]2(CCCCO2)[C@@]2(CCCCO2)OC1=O.